The minimum Gasteiger partial charge on any atom is -0.462 e. The molecule has 80 heavy (non-hydrogen) atoms. The lowest BCUT2D eigenvalue weighted by atomic mass is 9.92. The van der Waals surface area contributed by atoms with Gasteiger partial charge in [-0.3, -0.25) is 39.6 Å². The predicted molar refractivity (Wildman–Crippen MR) is 269 cm³/mol. The lowest BCUT2D eigenvalue weighted by Crippen LogP contribution is -2.67. The van der Waals surface area contributed by atoms with E-state index < -0.39 is 190 Å². The summed E-state index contributed by atoms with van der Waals surface area (Å²) in [5, 5.41) is 147. The Hall–Kier alpha value is -6.92. The lowest BCUT2D eigenvalue weighted by molar-refractivity contribution is -0.352. The molecule has 5 aliphatic rings. The first-order valence-corrected chi connectivity index (χ1v) is 25.4. The normalized spacial score (nSPS) is 35.1. The molecule has 0 radical (unpaired) electrons. The molecule has 20 atom stereocenters. The fourth-order valence-electron chi connectivity index (χ4n) is 9.52. The molecule has 5 heterocycles. The summed E-state index contributed by atoms with van der Waals surface area (Å²) in [5.74, 6) is -8.08. The summed E-state index contributed by atoms with van der Waals surface area (Å²) in [5.41, 5.74) is 0.810. The smallest absolute Gasteiger partial charge is 0.246 e. The van der Waals surface area contributed by atoms with E-state index >= 15 is 0 Å². The van der Waals surface area contributed by atoms with Gasteiger partial charge in [0, 0.05) is 25.4 Å². The molecular formula is C48H68N12O20. The maximum atomic E-state index is 14.8. The highest BCUT2D eigenvalue weighted by Crippen LogP contribution is 2.31. The number of rotatable bonds is 15. The van der Waals surface area contributed by atoms with Gasteiger partial charge in [-0.2, -0.15) is 0 Å². The van der Waals surface area contributed by atoms with Crippen molar-refractivity contribution in [2.45, 2.75) is 135 Å². The summed E-state index contributed by atoms with van der Waals surface area (Å²) in [4.78, 5) is 85.1. The van der Waals surface area contributed by atoms with Crippen molar-refractivity contribution < 1.29 is 98.8 Å². The van der Waals surface area contributed by atoms with Gasteiger partial charge in [0.25, 0.3) is 0 Å². The SMILES string of the molecule is CC(c1ccccc1)C1NC(=O)CNC(=O)C(CO)NC(=O)C(C(O)C2CNC(=N)N2)NC(=O)C(C(O)C2CNC(=N)N2)NC(=O)C(Cc2ccc(OC3OC(CO)C(OC4OC(CO)C(O)C(O)C4O)C(O)C3O)cc2)NC1=O. The van der Waals surface area contributed by atoms with Gasteiger partial charge >= 0.3 is 0 Å². The van der Waals surface area contributed by atoms with Crippen LogP contribution < -0.4 is 57.9 Å². The van der Waals surface area contributed by atoms with Gasteiger partial charge in [0.15, 0.2) is 18.2 Å². The lowest BCUT2D eigenvalue weighted by Gasteiger charge is -2.45. The molecule has 6 amide bonds. The number of nitrogens with one attached hydrogen (secondary N) is 12. The number of ether oxygens (including phenoxy) is 4. The zero-order chi connectivity index (χ0) is 58.1. The first-order chi connectivity index (χ1) is 38.1. The van der Waals surface area contributed by atoms with Crippen LogP contribution in [0.3, 0.4) is 0 Å². The van der Waals surface area contributed by atoms with E-state index in [1.54, 1.807) is 37.3 Å². The average Bonchev–Trinajstić information content (AvgIpc) is 4.11. The molecule has 7 rings (SSSR count). The Morgan fingerprint density at radius 1 is 0.562 bits per heavy atom. The summed E-state index contributed by atoms with van der Waals surface area (Å²) >= 11 is 0. The van der Waals surface area contributed by atoms with Crippen molar-refractivity contribution in [3.8, 4) is 5.75 Å². The van der Waals surface area contributed by atoms with E-state index in [-0.39, 0.29) is 36.3 Å². The molecule has 0 bridgehead atoms. The molecule has 5 fully saturated rings. The number of aliphatic hydroxyl groups is 10. The Morgan fingerprint density at radius 2 is 1.10 bits per heavy atom. The molecule has 20 unspecified atom stereocenters. The standard InChI is InChI=1S/C48H68N12O20/c1-18(20-5-3-2-4-6-20)29-42(74)54-22(11-19-7-9-21(10-8-19)77-45-38(71)36(69)39(27(17-63)79-45)80-46-37(70)35(68)34(67)26(16-62)78-46)41(73)59-31(33(66)24-13-53-48(50)57-24)44(76)60-30(32(65)23-12-52-47(49)56-23)43(75)55-25(15-61)40(72)51-14-28(64)58-29/h2-10,18,22-27,29-39,45-46,61-63,65-71H,11-17H2,1H3,(H,51,72)(H,54,74)(H,55,75)(H,58,64)(H,59,73)(H,60,76)(H3,49,52,56)(H3,50,53,57). The Labute approximate surface area is 455 Å². The van der Waals surface area contributed by atoms with Crippen LogP contribution in [0.1, 0.15) is 24.0 Å². The maximum absolute atomic E-state index is 14.8. The second-order valence-electron chi connectivity index (χ2n) is 19.7. The van der Waals surface area contributed by atoms with E-state index in [0.29, 0.717) is 5.56 Å². The number of hydrogen-bond acceptors (Lipinski definition) is 22. The van der Waals surface area contributed by atoms with Gasteiger partial charge in [-0.1, -0.05) is 49.4 Å². The quantitative estimate of drug-likeness (QED) is 0.0787. The molecule has 5 saturated heterocycles. The van der Waals surface area contributed by atoms with E-state index in [9.17, 15) is 79.8 Å². The summed E-state index contributed by atoms with van der Waals surface area (Å²) in [6, 6.07) is 2.48. The van der Waals surface area contributed by atoms with Crippen LogP contribution in [0.5, 0.6) is 5.75 Å². The predicted octanol–water partition coefficient (Wildman–Crippen LogP) is -10.7. The minimum absolute atomic E-state index is 0.0330. The summed E-state index contributed by atoms with van der Waals surface area (Å²) in [7, 11) is 0. The van der Waals surface area contributed by atoms with Gasteiger partial charge in [-0.15, -0.1) is 0 Å². The molecule has 32 nitrogen and oxygen atoms in total. The van der Waals surface area contributed by atoms with E-state index in [1.165, 1.54) is 24.3 Å². The Bertz CT molecular complexity index is 2520. The van der Waals surface area contributed by atoms with Crippen LogP contribution >= 0.6 is 0 Å². The Morgan fingerprint density at radius 3 is 1.66 bits per heavy atom. The van der Waals surface area contributed by atoms with Crippen molar-refractivity contribution in [1.82, 2.24) is 53.2 Å². The summed E-state index contributed by atoms with van der Waals surface area (Å²) < 4.78 is 22.5. The van der Waals surface area contributed by atoms with E-state index in [4.69, 9.17) is 29.8 Å². The zero-order valence-corrected chi connectivity index (χ0v) is 42.7. The van der Waals surface area contributed by atoms with E-state index in [2.05, 4.69) is 53.2 Å². The number of aliphatic hydroxyl groups excluding tert-OH is 10. The highest BCUT2D eigenvalue weighted by Gasteiger charge is 2.51. The summed E-state index contributed by atoms with van der Waals surface area (Å²) in [6.07, 6.45) is -21.5. The second-order valence-corrected chi connectivity index (χ2v) is 19.7. The average molecular weight is 1130 g/mol. The third-order valence-electron chi connectivity index (χ3n) is 14.2. The monoisotopic (exact) mass is 1130 g/mol. The molecule has 32 heteroatoms. The van der Waals surface area contributed by atoms with Crippen molar-refractivity contribution in [1.29, 1.82) is 10.8 Å². The molecule has 0 aliphatic carbocycles. The van der Waals surface area contributed by atoms with Crippen molar-refractivity contribution in [2.24, 2.45) is 0 Å². The summed E-state index contributed by atoms with van der Waals surface area (Å²) in [6.45, 7) is -2.22. The van der Waals surface area contributed by atoms with Crippen LogP contribution in [0.25, 0.3) is 0 Å². The molecule has 2 aromatic carbocycles. The van der Waals surface area contributed by atoms with Gasteiger partial charge < -0.3 is 123 Å². The third-order valence-corrected chi connectivity index (χ3v) is 14.2. The number of guanidine groups is 2. The fraction of sp³-hybridized carbons (Fsp3) is 0.583. The van der Waals surface area contributed by atoms with Crippen molar-refractivity contribution >= 4 is 47.4 Å². The molecule has 0 saturated carbocycles. The number of carbonyl (C=O) groups excluding carboxylic acids is 6. The van der Waals surface area contributed by atoms with Crippen LogP contribution in [0, 0.1) is 10.8 Å². The molecule has 5 aliphatic heterocycles. The van der Waals surface area contributed by atoms with Crippen LogP contribution in [-0.2, 0) is 49.4 Å². The van der Waals surface area contributed by atoms with Gasteiger partial charge in [-0.25, -0.2) is 0 Å². The maximum Gasteiger partial charge on any atom is 0.246 e. The molecular weight excluding hydrogens is 1060 g/mol. The third kappa shape index (κ3) is 14.3. The van der Waals surface area contributed by atoms with Gasteiger partial charge in [0.1, 0.15) is 97.0 Å². The number of benzene rings is 2. The Kier molecular flexibility index (Phi) is 20.5. The highest BCUT2D eigenvalue weighted by molar-refractivity contribution is 5.98. The van der Waals surface area contributed by atoms with E-state index in [0.717, 1.165) is 0 Å². The molecule has 0 spiro atoms. The fourth-order valence-corrected chi connectivity index (χ4v) is 9.52. The molecule has 440 valence electrons. The molecule has 0 aromatic heterocycles. The van der Waals surface area contributed by atoms with Gasteiger partial charge in [-0.05, 0) is 23.3 Å². The topological polar surface area (TPSA) is 510 Å². The molecule has 2 aromatic rings. The van der Waals surface area contributed by atoms with Crippen LogP contribution in [0.15, 0.2) is 54.6 Å². The largest absolute Gasteiger partial charge is 0.462 e. The molecule has 22 N–H and O–H groups in total. The van der Waals surface area contributed by atoms with Crippen molar-refractivity contribution in [3.05, 3.63) is 65.7 Å². The highest BCUT2D eigenvalue weighted by atomic mass is 16.7. The Balaban J connectivity index is 1.18. The van der Waals surface area contributed by atoms with Crippen LogP contribution in [-0.4, -0.2) is 254 Å². The van der Waals surface area contributed by atoms with Crippen molar-refractivity contribution in [2.75, 3.05) is 39.5 Å². The van der Waals surface area contributed by atoms with Gasteiger partial charge in [0.2, 0.25) is 41.7 Å². The zero-order valence-electron chi connectivity index (χ0n) is 42.7. The van der Waals surface area contributed by atoms with Crippen molar-refractivity contribution in [3.63, 3.8) is 0 Å². The number of hydrogen-bond donors (Lipinski definition) is 22. The minimum atomic E-state index is -2.07. The van der Waals surface area contributed by atoms with Crippen LogP contribution in [0.2, 0.25) is 0 Å². The first-order valence-electron chi connectivity index (χ1n) is 25.4. The first kappa shape index (κ1) is 60.7. The number of amides is 6. The van der Waals surface area contributed by atoms with E-state index in [1.807, 2.05) is 0 Å². The van der Waals surface area contributed by atoms with Gasteiger partial charge in [0.05, 0.1) is 38.4 Å². The number of carbonyl (C=O) groups is 6. The van der Waals surface area contributed by atoms with Crippen LogP contribution in [0.4, 0.5) is 0 Å². The second kappa shape index (κ2) is 27.0.